The summed E-state index contributed by atoms with van der Waals surface area (Å²) in [6.45, 7) is 0.00810. The lowest BCUT2D eigenvalue weighted by Gasteiger charge is -2.32. The Bertz CT molecular complexity index is 174. The van der Waals surface area contributed by atoms with Crippen LogP contribution in [0, 0.1) is 5.92 Å². The van der Waals surface area contributed by atoms with Crippen molar-refractivity contribution in [2.75, 3.05) is 11.9 Å². The first kappa shape index (κ1) is 11.3. The van der Waals surface area contributed by atoms with Gasteiger partial charge in [0, 0.05) is 5.33 Å². The van der Waals surface area contributed by atoms with Crippen LogP contribution in [0.15, 0.2) is 0 Å². The van der Waals surface area contributed by atoms with Crippen LogP contribution >= 0.6 is 15.9 Å². The smallest absolute Gasteiger partial charge is 0.366 e. The minimum Gasteiger partial charge on any atom is -0.366 e. The van der Waals surface area contributed by atoms with Crippen LogP contribution in [-0.4, -0.2) is 30.3 Å². The topological polar surface area (TPSA) is 29.1 Å². The van der Waals surface area contributed by atoms with Crippen LogP contribution in [0.1, 0.15) is 6.42 Å². The molecule has 1 rings (SSSR count). The Morgan fingerprint density at radius 3 is 2.46 bits per heavy atom. The van der Waals surface area contributed by atoms with Gasteiger partial charge in [-0.15, -0.1) is 0 Å². The molecule has 0 aromatic carbocycles. The van der Waals surface area contributed by atoms with E-state index in [9.17, 15) is 18.3 Å². The van der Waals surface area contributed by atoms with E-state index in [1.165, 1.54) is 0 Å². The van der Waals surface area contributed by atoms with Crippen LogP contribution in [0.3, 0.4) is 0 Å². The molecule has 1 aliphatic heterocycles. The number of hydrogen-bond acceptors (Lipinski definition) is 1. The molecule has 0 spiro atoms. The summed E-state index contributed by atoms with van der Waals surface area (Å²) in [5.74, 6) is -0.0962. The Morgan fingerprint density at radius 2 is 2.08 bits per heavy atom. The second kappa shape index (κ2) is 4.14. The minimum atomic E-state index is -4.52. The molecule has 0 aliphatic carbocycles. The normalized spacial score (nSPS) is 36.2. The van der Waals surface area contributed by atoms with Gasteiger partial charge in [-0.05, 0) is 12.3 Å². The van der Waals surface area contributed by atoms with Crippen molar-refractivity contribution in [3.8, 4) is 0 Å². The molecule has 13 heavy (non-hydrogen) atoms. The highest BCUT2D eigenvalue weighted by Gasteiger charge is 2.49. The molecule has 1 heterocycles. The molecule has 0 aromatic heterocycles. The Kier molecular flexibility index (Phi) is 3.59. The molecule has 0 bridgehead atoms. The minimum absolute atomic E-state index is 0.00810. The number of ether oxygens (including phenoxy) is 1. The summed E-state index contributed by atoms with van der Waals surface area (Å²) < 4.78 is 40.7. The average molecular weight is 262 g/mol. The summed E-state index contributed by atoms with van der Waals surface area (Å²) in [5, 5.41) is 11.5. The zero-order valence-electron chi connectivity index (χ0n) is 6.68. The Labute approximate surface area is 82.2 Å². The largest absolute Gasteiger partial charge is 0.417 e. The van der Waals surface area contributed by atoms with Gasteiger partial charge in [0.05, 0.1) is 6.61 Å². The summed E-state index contributed by atoms with van der Waals surface area (Å²) >= 11 is 3.11. The third kappa shape index (κ3) is 2.82. The van der Waals surface area contributed by atoms with Gasteiger partial charge in [-0.2, -0.15) is 13.2 Å². The molecule has 6 heteroatoms. The van der Waals surface area contributed by atoms with E-state index >= 15 is 0 Å². The summed E-state index contributed by atoms with van der Waals surface area (Å²) in [6.07, 6.45) is -8.31. The molecular formula is C7H9BrF3O2. The molecule has 0 aromatic rings. The first-order valence-electron chi connectivity index (χ1n) is 3.85. The van der Waals surface area contributed by atoms with Crippen LogP contribution < -0.4 is 0 Å². The molecule has 3 unspecified atom stereocenters. The van der Waals surface area contributed by atoms with E-state index in [0.717, 1.165) is 0 Å². The SMILES string of the molecule is [O]C1CC(CBr)COC1C(F)(F)F. The Morgan fingerprint density at radius 1 is 1.46 bits per heavy atom. The van der Waals surface area contributed by atoms with E-state index in [0.29, 0.717) is 5.33 Å². The third-order valence-electron chi connectivity index (χ3n) is 1.96. The van der Waals surface area contributed by atoms with Gasteiger partial charge in [0.15, 0.2) is 6.10 Å². The highest BCUT2D eigenvalue weighted by molar-refractivity contribution is 9.09. The Hall–Kier alpha value is 0.190. The Balaban J connectivity index is 2.53. The van der Waals surface area contributed by atoms with Gasteiger partial charge in [-0.1, -0.05) is 15.9 Å². The number of alkyl halides is 4. The van der Waals surface area contributed by atoms with E-state index in [1.807, 2.05) is 0 Å². The molecule has 2 nitrogen and oxygen atoms in total. The van der Waals surface area contributed by atoms with E-state index < -0.39 is 18.4 Å². The van der Waals surface area contributed by atoms with Gasteiger partial charge >= 0.3 is 6.18 Å². The maximum Gasteiger partial charge on any atom is 0.417 e. The summed E-state index contributed by atoms with van der Waals surface area (Å²) in [5.41, 5.74) is 0. The molecule has 1 fully saturated rings. The highest BCUT2D eigenvalue weighted by Crippen LogP contribution is 2.32. The second-order valence-electron chi connectivity index (χ2n) is 3.09. The fraction of sp³-hybridized carbons (Fsp3) is 1.00. The van der Waals surface area contributed by atoms with Crippen LogP contribution in [0.4, 0.5) is 13.2 Å². The molecule has 3 atom stereocenters. The van der Waals surface area contributed by atoms with E-state index in [2.05, 4.69) is 20.7 Å². The summed E-state index contributed by atoms with van der Waals surface area (Å²) in [4.78, 5) is 0. The van der Waals surface area contributed by atoms with Gasteiger partial charge in [-0.3, -0.25) is 0 Å². The van der Waals surface area contributed by atoms with Crippen molar-refractivity contribution in [3.05, 3.63) is 0 Å². The standard InChI is InChI=1S/C7H9BrF3O2/c8-2-4-1-5(12)6(13-3-4)7(9,10)11/h4-6H,1-3H2. The van der Waals surface area contributed by atoms with Crippen molar-refractivity contribution >= 4 is 15.9 Å². The molecule has 1 radical (unpaired) electrons. The summed E-state index contributed by atoms with van der Waals surface area (Å²) in [7, 11) is 0. The van der Waals surface area contributed by atoms with Crippen molar-refractivity contribution in [1.82, 2.24) is 0 Å². The van der Waals surface area contributed by atoms with E-state index in [1.54, 1.807) is 0 Å². The number of hydrogen-bond donors (Lipinski definition) is 0. The van der Waals surface area contributed by atoms with Crippen molar-refractivity contribution < 1.29 is 23.0 Å². The van der Waals surface area contributed by atoms with Crippen LogP contribution in [0.2, 0.25) is 0 Å². The third-order valence-corrected chi connectivity index (χ3v) is 2.87. The monoisotopic (exact) mass is 261 g/mol. The van der Waals surface area contributed by atoms with Gasteiger partial charge in [0.1, 0.15) is 6.10 Å². The predicted molar refractivity (Wildman–Crippen MR) is 42.2 cm³/mol. The zero-order chi connectivity index (χ0) is 10.1. The summed E-state index contributed by atoms with van der Waals surface area (Å²) in [6, 6.07) is 0. The second-order valence-corrected chi connectivity index (χ2v) is 3.74. The molecule has 0 amide bonds. The first-order valence-corrected chi connectivity index (χ1v) is 4.97. The lowest BCUT2D eigenvalue weighted by atomic mass is 9.97. The van der Waals surface area contributed by atoms with E-state index in [-0.39, 0.29) is 18.9 Å². The predicted octanol–water partition coefficient (Wildman–Crippen LogP) is 2.15. The zero-order valence-corrected chi connectivity index (χ0v) is 8.27. The maximum absolute atomic E-state index is 12.1. The molecular weight excluding hydrogens is 253 g/mol. The highest BCUT2D eigenvalue weighted by atomic mass is 79.9. The first-order chi connectivity index (χ1) is 5.95. The molecule has 1 saturated heterocycles. The van der Waals surface area contributed by atoms with Gasteiger partial charge < -0.3 is 4.74 Å². The molecule has 77 valence electrons. The maximum atomic E-state index is 12.1. The van der Waals surface area contributed by atoms with Crippen molar-refractivity contribution in [1.29, 1.82) is 0 Å². The van der Waals surface area contributed by atoms with Crippen LogP contribution in [0.5, 0.6) is 0 Å². The van der Waals surface area contributed by atoms with Crippen molar-refractivity contribution in [2.45, 2.75) is 24.8 Å². The molecule has 0 N–H and O–H groups in total. The quantitative estimate of drug-likeness (QED) is 0.665. The van der Waals surface area contributed by atoms with Crippen LogP contribution in [0.25, 0.3) is 0 Å². The number of rotatable bonds is 1. The van der Waals surface area contributed by atoms with Crippen molar-refractivity contribution in [2.24, 2.45) is 5.92 Å². The van der Waals surface area contributed by atoms with Gasteiger partial charge in [-0.25, -0.2) is 5.11 Å². The molecule has 0 saturated carbocycles. The van der Waals surface area contributed by atoms with Crippen LogP contribution in [-0.2, 0) is 9.84 Å². The fourth-order valence-corrected chi connectivity index (χ4v) is 1.73. The van der Waals surface area contributed by atoms with E-state index in [4.69, 9.17) is 0 Å². The number of halogens is 4. The average Bonchev–Trinajstić information content (AvgIpc) is 2.01. The molecule has 1 aliphatic rings. The lowest BCUT2D eigenvalue weighted by Crippen LogP contribution is -2.47. The lowest BCUT2D eigenvalue weighted by molar-refractivity contribution is -0.271. The van der Waals surface area contributed by atoms with Gasteiger partial charge in [0.2, 0.25) is 0 Å². The van der Waals surface area contributed by atoms with Crippen molar-refractivity contribution in [3.63, 3.8) is 0 Å². The fourth-order valence-electron chi connectivity index (χ4n) is 1.28. The van der Waals surface area contributed by atoms with Gasteiger partial charge in [0.25, 0.3) is 0 Å².